The maximum Gasteiger partial charge on any atom is 0.254 e. The van der Waals surface area contributed by atoms with Crippen molar-refractivity contribution in [3.63, 3.8) is 0 Å². The second-order valence-electron chi connectivity index (χ2n) is 6.72. The van der Waals surface area contributed by atoms with Crippen molar-refractivity contribution in [2.24, 2.45) is 0 Å². The molecule has 24 heavy (non-hydrogen) atoms. The molecular formula is C17H25N3O3S. The predicted octanol–water partition coefficient (Wildman–Crippen LogP) is 1.76. The Bertz CT molecular complexity index is 691. The summed E-state index contributed by atoms with van der Waals surface area (Å²) in [6, 6.07) is 7.39. The Morgan fingerprint density at radius 2 is 1.79 bits per heavy atom. The fourth-order valence-electron chi connectivity index (χ4n) is 3.67. The molecule has 0 radical (unpaired) electrons. The third-order valence-electron chi connectivity index (χ3n) is 4.86. The van der Waals surface area contributed by atoms with Crippen LogP contribution in [-0.2, 0) is 10.0 Å². The first-order valence-electron chi connectivity index (χ1n) is 8.53. The van der Waals surface area contributed by atoms with Crippen molar-refractivity contribution in [2.45, 2.75) is 31.7 Å². The minimum Gasteiger partial charge on any atom is -0.336 e. The molecule has 6 nitrogen and oxygen atoms in total. The van der Waals surface area contributed by atoms with E-state index in [-0.39, 0.29) is 5.91 Å². The van der Waals surface area contributed by atoms with Crippen LogP contribution in [0.25, 0.3) is 0 Å². The van der Waals surface area contributed by atoms with E-state index in [4.69, 9.17) is 0 Å². The zero-order chi connectivity index (χ0) is 17.2. The summed E-state index contributed by atoms with van der Waals surface area (Å²) in [5.74, 6) is -0.0294. The molecule has 1 aliphatic carbocycles. The lowest BCUT2D eigenvalue weighted by Crippen LogP contribution is -2.51. The number of rotatable bonds is 4. The van der Waals surface area contributed by atoms with Crippen LogP contribution < -0.4 is 4.72 Å². The van der Waals surface area contributed by atoms with Crippen molar-refractivity contribution in [1.29, 1.82) is 0 Å². The first-order chi connectivity index (χ1) is 11.4. The lowest BCUT2D eigenvalue weighted by molar-refractivity contribution is 0.0573. The van der Waals surface area contributed by atoms with E-state index in [0.717, 1.165) is 32.4 Å². The molecule has 0 bridgehead atoms. The van der Waals surface area contributed by atoms with Crippen molar-refractivity contribution in [2.75, 3.05) is 37.2 Å². The molecule has 1 heterocycles. The van der Waals surface area contributed by atoms with Crippen molar-refractivity contribution in [3.8, 4) is 0 Å². The van der Waals surface area contributed by atoms with E-state index in [1.807, 2.05) is 4.90 Å². The highest BCUT2D eigenvalue weighted by Gasteiger charge is 2.28. The maximum absolute atomic E-state index is 12.7. The Morgan fingerprint density at radius 3 is 2.42 bits per heavy atom. The summed E-state index contributed by atoms with van der Waals surface area (Å²) in [5, 5.41) is 0. The van der Waals surface area contributed by atoms with Crippen LogP contribution >= 0.6 is 0 Å². The fourth-order valence-corrected chi connectivity index (χ4v) is 4.23. The molecule has 1 N–H and O–H groups in total. The summed E-state index contributed by atoms with van der Waals surface area (Å²) in [5.41, 5.74) is 0.950. The van der Waals surface area contributed by atoms with Crippen molar-refractivity contribution < 1.29 is 13.2 Å². The van der Waals surface area contributed by atoms with Gasteiger partial charge < -0.3 is 4.90 Å². The largest absolute Gasteiger partial charge is 0.336 e. The van der Waals surface area contributed by atoms with E-state index in [1.54, 1.807) is 24.3 Å². The van der Waals surface area contributed by atoms with Gasteiger partial charge in [0.25, 0.3) is 5.91 Å². The normalized spacial score (nSPS) is 20.3. The minimum absolute atomic E-state index is 0.0294. The number of benzene rings is 1. The number of carbonyl (C=O) groups is 1. The zero-order valence-corrected chi connectivity index (χ0v) is 14.9. The van der Waals surface area contributed by atoms with Crippen LogP contribution in [0.4, 0.5) is 5.69 Å². The summed E-state index contributed by atoms with van der Waals surface area (Å²) < 4.78 is 25.1. The average Bonchev–Trinajstić information content (AvgIpc) is 3.07. The molecule has 2 fully saturated rings. The van der Waals surface area contributed by atoms with Crippen LogP contribution in [0.15, 0.2) is 24.3 Å². The van der Waals surface area contributed by atoms with E-state index >= 15 is 0 Å². The van der Waals surface area contributed by atoms with E-state index in [0.29, 0.717) is 17.3 Å². The van der Waals surface area contributed by atoms with Gasteiger partial charge in [-0.1, -0.05) is 18.9 Å². The Morgan fingerprint density at radius 1 is 1.12 bits per heavy atom. The summed E-state index contributed by atoms with van der Waals surface area (Å²) in [6.45, 7) is 3.33. The first-order valence-corrected chi connectivity index (χ1v) is 10.4. The summed E-state index contributed by atoms with van der Waals surface area (Å²) in [6.07, 6.45) is 6.32. The second kappa shape index (κ2) is 7.11. The highest BCUT2D eigenvalue weighted by molar-refractivity contribution is 7.92. The molecule has 0 atom stereocenters. The molecule has 1 aromatic rings. The fraction of sp³-hybridized carbons (Fsp3) is 0.588. The van der Waals surface area contributed by atoms with E-state index < -0.39 is 10.0 Å². The van der Waals surface area contributed by atoms with Crippen LogP contribution in [-0.4, -0.2) is 62.6 Å². The smallest absolute Gasteiger partial charge is 0.254 e. The van der Waals surface area contributed by atoms with Gasteiger partial charge >= 0.3 is 0 Å². The second-order valence-corrected chi connectivity index (χ2v) is 8.47. The molecule has 0 aromatic heterocycles. The average molecular weight is 351 g/mol. The monoisotopic (exact) mass is 351 g/mol. The number of amides is 1. The van der Waals surface area contributed by atoms with Crippen LogP contribution in [0, 0.1) is 0 Å². The molecule has 0 unspecified atom stereocenters. The van der Waals surface area contributed by atoms with Gasteiger partial charge in [0.05, 0.1) is 6.26 Å². The quantitative estimate of drug-likeness (QED) is 0.897. The molecule has 7 heteroatoms. The van der Waals surface area contributed by atoms with Gasteiger partial charge in [-0.05, 0) is 31.0 Å². The van der Waals surface area contributed by atoms with E-state index in [2.05, 4.69) is 9.62 Å². The number of sulfonamides is 1. The van der Waals surface area contributed by atoms with Gasteiger partial charge in [-0.3, -0.25) is 14.4 Å². The zero-order valence-electron chi connectivity index (χ0n) is 14.1. The molecule has 2 aliphatic rings. The van der Waals surface area contributed by atoms with Gasteiger partial charge in [-0.25, -0.2) is 8.42 Å². The van der Waals surface area contributed by atoms with E-state index in [1.165, 1.54) is 25.7 Å². The van der Waals surface area contributed by atoms with Crippen LogP contribution in [0.3, 0.4) is 0 Å². The highest BCUT2D eigenvalue weighted by Crippen LogP contribution is 2.24. The van der Waals surface area contributed by atoms with Gasteiger partial charge in [-0.15, -0.1) is 0 Å². The number of piperazine rings is 1. The number of nitrogens with zero attached hydrogens (tertiary/aromatic N) is 2. The summed E-state index contributed by atoms with van der Waals surface area (Å²) >= 11 is 0. The predicted molar refractivity (Wildman–Crippen MR) is 94.6 cm³/mol. The maximum atomic E-state index is 12.7. The lowest BCUT2D eigenvalue weighted by atomic mass is 10.1. The number of nitrogens with one attached hydrogen (secondary N) is 1. The summed E-state index contributed by atoms with van der Waals surface area (Å²) in [4.78, 5) is 17.1. The molecular weight excluding hydrogens is 326 g/mol. The van der Waals surface area contributed by atoms with Crippen LogP contribution in [0.2, 0.25) is 0 Å². The highest BCUT2D eigenvalue weighted by atomic mass is 32.2. The molecule has 1 amide bonds. The molecule has 1 saturated carbocycles. The number of hydrogen-bond donors (Lipinski definition) is 1. The Hall–Kier alpha value is -1.60. The summed E-state index contributed by atoms with van der Waals surface area (Å²) in [7, 11) is -3.34. The standard InChI is InChI=1S/C17H25N3O3S/c1-24(22,23)18-15-6-4-5-14(13-15)17(21)20-11-9-19(10-12-20)16-7-2-3-8-16/h4-6,13,16,18H,2-3,7-12H2,1H3. The molecule has 3 rings (SSSR count). The number of anilines is 1. The van der Waals surface area contributed by atoms with E-state index in [9.17, 15) is 13.2 Å². The van der Waals surface area contributed by atoms with Gasteiger partial charge in [0.1, 0.15) is 0 Å². The van der Waals surface area contributed by atoms with Crippen LogP contribution in [0.1, 0.15) is 36.0 Å². The number of hydrogen-bond acceptors (Lipinski definition) is 4. The Balaban J connectivity index is 1.61. The van der Waals surface area contributed by atoms with Gasteiger partial charge in [-0.2, -0.15) is 0 Å². The third kappa shape index (κ3) is 4.27. The molecule has 1 saturated heterocycles. The SMILES string of the molecule is CS(=O)(=O)Nc1cccc(C(=O)N2CCN(C3CCCC3)CC2)c1. The Labute approximate surface area is 143 Å². The van der Waals surface area contributed by atoms with Crippen molar-refractivity contribution >= 4 is 21.6 Å². The molecule has 0 spiro atoms. The lowest BCUT2D eigenvalue weighted by Gasteiger charge is -2.38. The van der Waals surface area contributed by atoms with Gasteiger partial charge in [0.15, 0.2) is 0 Å². The Kier molecular flexibility index (Phi) is 5.10. The minimum atomic E-state index is -3.34. The molecule has 1 aromatic carbocycles. The van der Waals surface area contributed by atoms with Crippen molar-refractivity contribution in [1.82, 2.24) is 9.80 Å². The first kappa shape index (κ1) is 17.2. The van der Waals surface area contributed by atoms with Gasteiger partial charge in [0.2, 0.25) is 10.0 Å². The van der Waals surface area contributed by atoms with Crippen molar-refractivity contribution in [3.05, 3.63) is 29.8 Å². The topological polar surface area (TPSA) is 69.7 Å². The molecule has 132 valence electrons. The third-order valence-corrected chi connectivity index (χ3v) is 5.46. The number of carbonyl (C=O) groups excluding carboxylic acids is 1. The molecule has 1 aliphatic heterocycles. The van der Waals surface area contributed by atoms with Crippen LogP contribution in [0.5, 0.6) is 0 Å². The van der Waals surface area contributed by atoms with Gasteiger partial charge in [0, 0.05) is 43.5 Å².